The fraction of sp³-hybridized carbons (Fsp3) is 0. The minimum atomic E-state index is -2.91. The standard InChI is InChI=1S/2ClO2Si.Sr/c2*1-4(2)3;/q2*-1;+2. The fourth-order valence-electron chi connectivity index (χ4n) is 0. The summed E-state index contributed by atoms with van der Waals surface area (Å²) in [5, 5.41) is 0. The zero-order chi connectivity index (χ0) is 7.15. The van der Waals surface area contributed by atoms with Gasteiger partial charge in [-0.2, -0.15) is 0 Å². The van der Waals surface area contributed by atoms with E-state index in [1.807, 2.05) is 0 Å². The zero-order valence-corrected chi connectivity index (χ0v) is 11.1. The summed E-state index contributed by atoms with van der Waals surface area (Å²) < 4.78 is 17.7. The monoisotopic (exact) mass is 278 g/mol. The first-order valence-corrected chi connectivity index (χ1v) is 5.85. The van der Waals surface area contributed by atoms with Crippen LogP contribution < -0.4 is 9.59 Å². The second-order valence-electron chi connectivity index (χ2n) is 0.475. The molecule has 0 N–H and O–H groups in total. The van der Waals surface area contributed by atoms with Crippen LogP contribution in [-0.2, 0) is 8.92 Å². The zero-order valence-electron chi connectivity index (χ0n) is 4.10. The van der Waals surface area contributed by atoms with Crippen molar-refractivity contribution in [3.05, 3.63) is 0 Å². The second-order valence-corrected chi connectivity index (χ2v) is 3.28. The molecule has 9 heteroatoms. The molecule has 0 aromatic carbocycles. The van der Waals surface area contributed by atoms with Crippen LogP contribution in [0.3, 0.4) is 0 Å². The molecule has 9 heavy (non-hydrogen) atoms. The van der Waals surface area contributed by atoms with Crippen LogP contribution in [0.15, 0.2) is 0 Å². The average Bonchev–Trinajstić information content (AvgIpc) is 1.25. The largest absolute Gasteiger partial charge is 2.00 e. The molecule has 0 unspecified atom stereocenters. The van der Waals surface area contributed by atoms with E-state index in [4.69, 9.17) is 18.5 Å². The Labute approximate surface area is 101 Å². The first kappa shape index (κ1) is 17.0. The molecule has 0 radical (unpaired) electrons. The van der Waals surface area contributed by atoms with Gasteiger partial charge in [0.25, 0.3) is 16.5 Å². The topological polar surface area (TPSA) is 80.3 Å². The molecule has 0 aliphatic carbocycles. The van der Waals surface area contributed by atoms with Crippen LogP contribution in [0, 0.1) is 0 Å². The van der Waals surface area contributed by atoms with Gasteiger partial charge in [0.05, 0.1) is 0 Å². The Kier molecular flexibility index (Phi) is 23.3. The molecule has 0 aromatic heterocycles. The van der Waals surface area contributed by atoms with Crippen molar-refractivity contribution in [2.24, 2.45) is 0 Å². The first-order chi connectivity index (χ1) is 3.46. The predicted octanol–water partition coefficient (Wildman–Crippen LogP) is -2.38. The smallest absolute Gasteiger partial charge is 0.572 e. The summed E-state index contributed by atoms with van der Waals surface area (Å²) in [7, 11) is -5.81. The van der Waals surface area contributed by atoms with Crippen LogP contribution in [0.2, 0.25) is 0 Å². The summed E-state index contributed by atoms with van der Waals surface area (Å²) in [6.07, 6.45) is 0. The molecule has 0 amide bonds. The molecule has 0 rings (SSSR count). The van der Waals surface area contributed by atoms with Crippen LogP contribution in [0.4, 0.5) is 0 Å². The van der Waals surface area contributed by atoms with Gasteiger partial charge in [-0.25, -0.2) is 0 Å². The molecule has 48 valence electrons. The Hall–Kier alpha value is 1.69. The van der Waals surface area contributed by atoms with E-state index in [1.165, 1.54) is 0 Å². The van der Waals surface area contributed by atoms with Crippen LogP contribution in [0.25, 0.3) is 0 Å². The molecule has 0 saturated heterocycles. The van der Waals surface area contributed by atoms with Gasteiger partial charge in [-0.3, -0.25) is 0 Å². The molecular weight excluding hydrogens is 279 g/mol. The first-order valence-electron chi connectivity index (χ1n) is 1.19. The van der Waals surface area contributed by atoms with Gasteiger partial charge in [0.1, 0.15) is 0 Å². The van der Waals surface area contributed by atoms with Crippen molar-refractivity contribution >= 4 is 84.1 Å². The summed E-state index contributed by atoms with van der Waals surface area (Å²) in [5.41, 5.74) is 0. The minimum absolute atomic E-state index is 0. The molecule has 0 aliphatic heterocycles. The SMILES string of the molecule is O=[Si]([O-])Cl.O=[Si]([O-])Cl.[Sr+2]. The van der Waals surface area contributed by atoms with Crippen molar-refractivity contribution in [2.75, 3.05) is 0 Å². The Morgan fingerprint density at radius 2 is 1.00 bits per heavy atom. The van der Waals surface area contributed by atoms with Crippen molar-refractivity contribution in [3.8, 4) is 0 Å². The van der Waals surface area contributed by atoms with Crippen LogP contribution in [0.5, 0.6) is 0 Å². The van der Waals surface area contributed by atoms with E-state index in [1.54, 1.807) is 0 Å². The Bertz CT molecular complexity index is 74.6. The summed E-state index contributed by atoms with van der Waals surface area (Å²) in [6, 6.07) is 0. The summed E-state index contributed by atoms with van der Waals surface area (Å²) in [4.78, 5) is 17.7. The van der Waals surface area contributed by atoms with Gasteiger partial charge in [0, 0.05) is 0 Å². The van der Waals surface area contributed by atoms with Gasteiger partial charge in [-0.05, 0) is 0 Å². The average molecular weight is 279 g/mol. The molecule has 0 aliphatic rings. The molecule has 0 atom stereocenters. The molecule has 0 fully saturated rings. The van der Waals surface area contributed by atoms with Gasteiger partial charge in [-0.1, -0.05) is 0 Å². The van der Waals surface area contributed by atoms with Gasteiger partial charge in [0.15, 0.2) is 0 Å². The third-order valence-electron chi connectivity index (χ3n) is 0. The molecular formula is Cl2O4Si2Sr. The molecule has 0 saturated carbocycles. The van der Waals surface area contributed by atoms with E-state index in [2.05, 4.69) is 22.2 Å². The van der Waals surface area contributed by atoms with Gasteiger partial charge in [0.2, 0.25) is 0 Å². The molecule has 0 bridgehead atoms. The van der Waals surface area contributed by atoms with E-state index in [9.17, 15) is 0 Å². The fourth-order valence-corrected chi connectivity index (χ4v) is 0. The summed E-state index contributed by atoms with van der Waals surface area (Å²) in [6.45, 7) is 0. The Morgan fingerprint density at radius 3 is 1.00 bits per heavy atom. The Balaban J connectivity index is -0.0000000720. The van der Waals surface area contributed by atoms with E-state index >= 15 is 0 Å². The van der Waals surface area contributed by atoms with Gasteiger partial charge < -0.3 is 18.5 Å². The molecule has 4 nitrogen and oxygen atoms in total. The quantitative estimate of drug-likeness (QED) is 0.366. The third-order valence-corrected chi connectivity index (χ3v) is 0. The third kappa shape index (κ3) is 200. The maximum Gasteiger partial charge on any atom is 2.00 e. The maximum atomic E-state index is 8.84. The number of hydrogen-bond acceptors (Lipinski definition) is 4. The van der Waals surface area contributed by atoms with Crippen molar-refractivity contribution < 1.29 is 18.5 Å². The van der Waals surface area contributed by atoms with Crippen LogP contribution in [-0.4, -0.2) is 62.0 Å². The summed E-state index contributed by atoms with van der Waals surface area (Å²) >= 11 is 8.53. The number of rotatable bonds is 0. The Morgan fingerprint density at radius 1 is 1.00 bits per heavy atom. The molecule has 0 heterocycles. The van der Waals surface area contributed by atoms with Crippen molar-refractivity contribution in [2.45, 2.75) is 0 Å². The van der Waals surface area contributed by atoms with E-state index in [-0.39, 0.29) is 45.5 Å². The van der Waals surface area contributed by atoms with E-state index in [0.29, 0.717) is 0 Å². The van der Waals surface area contributed by atoms with E-state index in [0.717, 1.165) is 0 Å². The normalized spacial score (nSPS) is 5.56. The molecule has 0 spiro atoms. The maximum absolute atomic E-state index is 8.84. The second kappa shape index (κ2) is 12.4. The predicted molar refractivity (Wildman–Crippen MR) is 30.3 cm³/mol. The number of halogens is 2. The van der Waals surface area contributed by atoms with Gasteiger partial charge >= 0.3 is 45.5 Å². The number of hydrogen-bond donors (Lipinski definition) is 0. The minimum Gasteiger partial charge on any atom is -0.572 e. The van der Waals surface area contributed by atoms with Crippen LogP contribution >= 0.6 is 22.2 Å². The van der Waals surface area contributed by atoms with Crippen LogP contribution in [0.1, 0.15) is 0 Å². The van der Waals surface area contributed by atoms with Crippen molar-refractivity contribution in [1.82, 2.24) is 0 Å². The summed E-state index contributed by atoms with van der Waals surface area (Å²) in [5.74, 6) is 0. The van der Waals surface area contributed by atoms with Crippen molar-refractivity contribution in [1.29, 1.82) is 0 Å². The molecule has 0 aromatic rings. The van der Waals surface area contributed by atoms with E-state index < -0.39 is 16.5 Å². The van der Waals surface area contributed by atoms with Gasteiger partial charge in [-0.15, -0.1) is 22.2 Å². The van der Waals surface area contributed by atoms with Crippen molar-refractivity contribution in [3.63, 3.8) is 0 Å².